The number of carbonyl (C=O) groups is 1. The van der Waals surface area contributed by atoms with Crippen LogP contribution < -0.4 is 15.4 Å². The number of benzene rings is 1. The summed E-state index contributed by atoms with van der Waals surface area (Å²) in [5.74, 6) is 0.908. The lowest BCUT2D eigenvalue weighted by Crippen LogP contribution is -2.46. The van der Waals surface area contributed by atoms with Gasteiger partial charge in [0.05, 0.1) is 7.11 Å². The van der Waals surface area contributed by atoms with Gasteiger partial charge in [-0.25, -0.2) is 9.97 Å². The molecule has 0 bridgehead atoms. The fraction of sp³-hybridized carbons (Fsp3) is 0.353. The molecule has 1 aromatic carbocycles. The van der Waals surface area contributed by atoms with E-state index >= 15 is 0 Å². The molecular formula is C17H21N5O2. The molecule has 1 aromatic heterocycles. The minimum atomic E-state index is -0.532. The van der Waals surface area contributed by atoms with Crippen LogP contribution in [0, 0.1) is 0 Å². The first kappa shape index (κ1) is 16.2. The van der Waals surface area contributed by atoms with Gasteiger partial charge >= 0.3 is 0 Å². The zero-order valence-corrected chi connectivity index (χ0v) is 13.7. The third-order valence-corrected chi connectivity index (χ3v) is 4.09. The molecule has 0 unspecified atom stereocenters. The molecular weight excluding hydrogens is 306 g/mol. The van der Waals surface area contributed by atoms with Crippen LogP contribution >= 0.6 is 0 Å². The van der Waals surface area contributed by atoms with E-state index in [-0.39, 0.29) is 5.69 Å². The molecule has 1 aliphatic heterocycles. The van der Waals surface area contributed by atoms with Crippen LogP contribution in [0.4, 0.5) is 5.95 Å². The maximum atomic E-state index is 11.2. The van der Waals surface area contributed by atoms with E-state index in [1.807, 2.05) is 12.1 Å². The lowest BCUT2D eigenvalue weighted by atomic mass is 10.2. The monoisotopic (exact) mass is 327 g/mol. The summed E-state index contributed by atoms with van der Waals surface area (Å²) < 4.78 is 5.27. The Hall–Kier alpha value is -2.67. The first-order valence-electron chi connectivity index (χ1n) is 7.89. The second kappa shape index (κ2) is 7.27. The van der Waals surface area contributed by atoms with Crippen molar-refractivity contribution in [1.29, 1.82) is 0 Å². The highest BCUT2D eigenvalue weighted by Gasteiger charge is 2.19. The molecule has 2 aromatic rings. The third kappa shape index (κ3) is 3.80. The summed E-state index contributed by atoms with van der Waals surface area (Å²) in [6.07, 6.45) is 1.57. The number of amides is 1. The second-order valence-electron chi connectivity index (χ2n) is 5.72. The van der Waals surface area contributed by atoms with Crippen molar-refractivity contribution in [2.24, 2.45) is 5.73 Å². The molecule has 7 heteroatoms. The van der Waals surface area contributed by atoms with Crippen molar-refractivity contribution in [3.05, 3.63) is 47.8 Å². The van der Waals surface area contributed by atoms with Gasteiger partial charge in [0.1, 0.15) is 11.4 Å². The summed E-state index contributed by atoms with van der Waals surface area (Å²) in [6, 6.07) is 9.66. The van der Waals surface area contributed by atoms with Crippen molar-refractivity contribution in [2.75, 3.05) is 38.2 Å². The molecule has 2 heterocycles. The highest BCUT2D eigenvalue weighted by atomic mass is 16.5. The van der Waals surface area contributed by atoms with Gasteiger partial charge in [0, 0.05) is 38.9 Å². The number of hydrogen-bond donors (Lipinski definition) is 1. The van der Waals surface area contributed by atoms with Gasteiger partial charge in [-0.2, -0.15) is 0 Å². The van der Waals surface area contributed by atoms with Gasteiger partial charge in [0.25, 0.3) is 5.91 Å². The number of nitrogens with zero attached hydrogens (tertiary/aromatic N) is 4. The van der Waals surface area contributed by atoms with E-state index in [1.165, 1.54) is 11.6 Å². The Balaban J connectivity index is 1.59. The average molecular weight is 327 g/mol. The van der Waals surface area contributed by atoms with Crippen molar-refractivity contribution < 1.29 is 9.53 Å². The van der Waals surface area contributed by atoms with Gasteiger partial charge in [-0.3, -0.25) is 9.69 Å². The number of anilines is 1. The standard InChI is InChI=1S/C17H21N5O2/c1-24-14-4-2-3-13(11-14)12-21-7-9-22(10-8-21)17-19-6-5-15(20-17)16(18)23/h2-6,11H,7-10,12H2,1H3,(H2,18,23). The van der Waals surface area contributed by atoms with E-state index in [0.29, 0.717) is 5.95 Å². The first-order chi connectivity index (χ1) is 11.7. The number of hydrogen-bond acceptors (Lipinski definition) is 6. The zero-order chi connectivity index (χ0) is 16.9. The van der Waals surface area contributed by atoms with E-state index in [0.717, 1.165) is 38.5 Å². The van der Waals surface area contributed by atoms with Gasteiger partial charge in [-0.15, -0.1) is 0 Å². The molecule has 1 fully saturated rings. The Morgan fingerprint density at radius 2 is 2.04 bits per heavy atom. The van der Waals surface area contributed by atoms with Crippen molar-refractivity contribution >= 4 is 11.9 Å². The summed E-state index contributed by atoms with van der Waals surface area (Å²) in [4.78, 5) is 24.2. The number of rotatable bonds is 5. The van der Waals surface area contributed by atoms with Crippen molar-refractivity contribution in [3.8, 4) is 5.75 Å². The number of nitrogens with two attached hydrogens (primary N) is 1. The Morgan fingerprint density at radius 1 is 1.25 bits per heavy atom. The largest absolute Gasteiger partial charge is 0.497 e. The fourth-order valence-electron chi connectivity index (χ4n) is 2.77. The Labute approximate surface area is 141 Å². The lowest BCUT2D eigenvalue weighted by Gasteiger charge is -2.34. The Bertz CT molecular complexity index is 714. The molecule has 0 aliphatic carbocycles. The average Bonchev–Trinajstić information content (AvgIpc) is 2.62. The summed E-state index contributed by atoms with van der Waals surface area (Å²) in [5, 5.41) is 0. The van der Waals surface area contributed by atoms with Gasteiger partial charge in [0.2, 0.25) is 5.95 Å². The molecule has 0 atom stereocenters. The van der Waals surface area contributed by atoms with Gasteiger partial charge < -0.3 is 15.4 Å². The van der Waals surface area contributed by atoms with E-state index in [9.17, 15) is 4.79 Å². The maximum Gasteiger partial charge on any atom is 0.267 e. The summed E-state index contributed by atoms with van der Waals surface area (Å²) >= 11 is 0. The third-order valence-electron chi connectivity index (χ3n) is 4.09. The van der Waals surface area contributed by atoms with Gasteiger partial charge in [-0.05, 0) is 23.8 Å². The second-order valence-corrected chi connectivity index (χ2v) is 5.72. The van der Waals surface area contributed by atoms with E-state index in [4.69, 9.17) is 10.5 Å². The van der Waals surface area contributed by atoms with Crippen molar-refractivity contribution in [2.45, 2.75) is 6.54 Å². The smallest absolute Gasteiger partial charge is 0.267 e. The topological polar surface area (TPSA) is 84.6 Å². The van der Waals surface area contributed by atoms with Crippen LogP contribution in [0.5, 0.6) is 5.75 Å². The number of aromatic nitrogens is 2. The van der Waals surface area contributed by atoms with Crippen LogP contribution in [0.2, 0.25) is 0 Å². The molecule has 24 heavy (non-hydrogen) atoms. The normalized spacial score (nSPS) is 15.3. The molecule has 1 saturated heterocycles. The van der Waals surface area contributed by atoms with E-state index in [2.05, 4.69) is 31.9 Å². The molecule has 0 saturated carbocycles. The molecule has 1 amide bonds. The molecule has 0 radical (unpaired) electrons. The van der Waals surface area contributed by atoms with Crippen LogP contribution in [0.3, 0.4) is 0 Å². The predicted molar refractivity (Wildman–Crippen MR) is 91.0 cm³/mol. The number of ether oxygens (including phenoxy) is 1. The number of methoxy groups -OCH3 is 1. The number of piperazine rings is 1. The quantitative estimate of drug-likeness (QED) is 0.878. The first-order valence-corrected chi connectivity index (χ1v) is 7.89. The lowest BCUT2D eigenvalue weighted by molar-refractivity contribution is 0.0995. The summed E-state index contributed by atoms with van der Waals surface area (Å²) in [6.45, 7) is 4.31. The summed E-state index contributed by atoms with van der Waals surface area (Å²) in [5.41, 5.74) is 6.76. The molecule has 0 spiro atoms. The molecule has 7 nitrogen and oxygen atoms in total. The molecule has 1 aliphatic rings. The number of primary amides is 1. The highest BCUT2D eigenvalue weighted by molar-refractivity contribution is 5.90. The number of carbonyl (C=O) groups excluding carboxylic acids is 1. The highest BCUT2D eigenvalue weighted by Crippen LogP contribution is 2.16. The van der Waals surface area contributed by atoms with Crippen LogP contribution in [-0.4, -0.2) is 54.1 Å². The van der Waals surface area contributed by atoms with Crippen LogP contribution in [-0.2, 0) is 6.54 Å². The minimum absolute atomic E-state index is 0.249. The Kier molecular flexibility index (Phi) is 4.90. The van der Waals surface area contributed by atoms with Crippen LogP contribution in [0.15, 0.2) is 36.5 Å². The summed E-state index contributed by atoms with van der Waals surface area (Å²) in [7, 11) is 1.68. The van der Waals surface area contributed by atoms with E-state index < -0.39 is 5.91 Å². The van der Waals surface area contributed by atoms with Crippen molar-refractivity contribution in [3.63, 3.8) is 0 Å². The molecule has 3 rings (SSSR count). The van der Waals surface area contributed by atoms with Gasteiger partial charge in [-0.1, -0.05) is 12.1 Å². The van der Waals surface area contributed by atoms with Crippen LogP contribution in [0.25, 0.3) is 0 Å². The Morgan fingerprint density at radius 3 is 2.75 bits per heavy atom. The minimum Gasteiger partial charge on any atom is -0.497 e. The van der Waals surface area contributed by atoms with E-state index in [1.54, 1.807) is 13.3 Å². The zero-order valence-electron chi connectivity index (χ0n) is 13.7. The van der Waals surface area contributed by atoms with Gasteiger partial charge in [0.15, 0.2) is 0 Å². The fourth-order valence-corrected chi connectivity index (χ4v) is 2.77. The predicted octanol–water partition coefficient (Wildman–Crippen LogP) is 0.906. The van der Waals surface area contributed by atoms with Crippen molar-refractivity contribution in [1.82, 2.24) is 14.9 Å². The molecule has 2 N–H and O–H groups in total. The maximum absolute atomic E-state index is 11.2. The van der Waals surface area contributed by atoms with Crippen LogP contribution in [0.1, 0.15) is 16.1 Å². The SMILES string of the molecule is COc1cccc(CN2CCN(c3nccc(C(N)=O)n3)CC2)c1. The molecule has 126 valence electrons.